The molecule has 106 valence electrons. The van der Waals surface area contributed by atoms with E-state index in [9.17, 15) is 4.79 Å². The number of nitrogens with one attached hydrogen (secondary N) is 1. The van der Waals surface area contributed by atoms with Crippen molar-refractivity contribution in [1.29, 1.82) is 0 Å². The molecule has 1 aromatic rings. The van der Waals surface area contributed by atoms with Crippen molar-refractivity contribution in [3.8, 4) is 0 Å². The van der Waals surface area contributed by atoms with E-state index in [4.69, 9.17) is 0 Å². The molecule has 0 bridgehead atoms. The summed E-state index contributed by atoms with van der Waals surface area (Å²) in [4.78, 5) is 13.5. The van der Waals surface area contributed by atoms with Gasteiger partial charge in [-0.15, -0.1) is 10.2 Å². The summed E-state index contributed by atoms with van der Waals surface area (Å²) < 4.78 is 4.56. The van der Waals surface area contributed by atoms with Gasteiger partial charge in [-0.05, 0) is 38.2 Å². The summed E-state index contributed by atoms with van der Waals surface area (Å²) in [6, 6.07) is 3.34. The van der Waals surface area contributed by atoms with E-state index in [1.165, 1.54) is 7.11 Å². The Kier molecular flexibility index (Phi) is 6.81. The van der Waals surface area contributed by atoms with E-state index in [2.05, 4.69) is 39.0 Å². The highest BCUT2D eigenvalue weighted by atomic mass is 16.5. The van der Waals surface area contributed by atoms with Gasteiger partial charge in [0.15, 0.2) is 5.69 Å². The molecule has 0 aliphatic rings. The fraction of sp³-hybridized carbons (Fsp3) is 0.615. The zero-order valence-corrected chi connectivity index (χ0v) is 11.8. The summed E-state index contributed by atoms with van der Waals surface area (Å²) in [6.45, 7) is 8.37. The number of hydrogen-bond donors (Lipinski definition) is 1. The molecule has 0 radical (unpaired) electrons. The largest absolute Gasteiger partial charge is 0.464 e. The van der Waals surface area contributed by atoms with Crippen LogP contribution in [0.15, 0.2) is 12.1 Å². The lowest BCUT2D eigenvalue weighted by Crippen LogP contribution is -2.25. The first-order valence-corrected chi connectivity index (χ1v) is 6.59. The van der Waals surface area contributed by atoms with Gasteiger partial charge in [0.2, 0.25) is 0 Å². The molecular weight excluding hydrogens is 244 g/mol. The molecule has 1 rings (SSSR count). The predicted octanol–water partition coefficient (Wildman–Crippen LogP) is 1.41. The zero-order valence-electron chi connectivity index (χ0n) is 11.8. The molecule has 0 aliphatic heterocycles. The normalized spacial score (nSPS) is 10.5. The van der Waals surface area contributed by atoms with Crippen LogP contribution < -0.4 is 5.32 Å². The van der Waals surface area contributed by atoms with Crippen molar-refractivity contribution in [2.24, 2.45) is 0 Å². The number of rotatable bonds is 8. The number of esters is 1. The van der Waals surface area contributed by atoms with Crippen LogP contribution in [0.3, 0.4) is 0 Å². The highest BCUT2D eigenvalue weighted by molar-refractivity contribution is 5.86. The fourth-order valence-electron chi connectivity index (χ4n) is 1.70. The van der Waals surface area contributed by atoms with Gasteiger partial charge in [0, 0.05) is 6.54 Å². The highest BCUT2D eigenvalue weighted by Gasteiger charge is 2.07. The van der Waals surface area contributed by atoms with Crippen molar-refractivity contribution in [3.63, 3.8) is 0 Å². The Hall–Kier alpha value is -1.69. The summed E-state index contributed by atoms with van der Waals surface area (Å²) in [7, 11) is 1.32. The van der Waals surface area contributed by atoms with Crippen molar-refractivity contribution in [3.05, 3.63) is 17.8 Å². The average molecular weight is 266 g/mol. The van der Waals surface area contributed by atoms with Gasteiger partial charge in [-0.25, -0.2) is 4.79 Å². The van der Waals surface area contributed by atoms with Crippen LogP contribution in [0.2, 0.25) is 0 Å². The van der Waals surface area contributed by atoms with Crippen molar-refractivity contribution < 1.29 is 9.53 Å². The standard InChI is InChI=1S/C13H22N4O2/c1-4-17(5-2)10-6-9-14-12-8-7-11(15-16-12)13(18)19-3/h7-8H,4-6,9-10H2,1-3H3,(H,14,16). The summed E-state index contributed by atoms with van der Waals surface area (Å²) in [5.74, 6) is 0.202. The van der Waals surface area contributed by atoms with Crippen molar-refractivity contribution in [2.75, 3.05) is 38.6 Å². The number of hydrogen-bond acceptors (Lipinski definition) is 6. The quantitative estimate of drug-likeness (QED) is 0.567. The number of carbonyl (C=O) groups excluding carboxylic acids is 1. The minimum atomic E-state index is -0.472. The summed E-state index contributed by atoms with van der Waals surface area (Å²) >= 11 is 0. The SMILES string of the molecule is CCN(CC)CCCNc1ccc(C(=O)OC)nn1. The van der Waals surface area contributed by atoms with Crippen LogP contribution in [-0.4, -0.2) is 54.4 Å². The van der Waals surface area contributed by atoms with E-state index >= 15 is 0 Å². The van der Waals surface area contributed by atoms with Crippen LogP contribution in [0.25, 0.3) is 0 Å². The molecule has 1 N–H and O–H groups in total. The second kappa shape index (κ2) is 8.42. The third-order valence-electron chi connectivity index (χ3n) is 2.91. The maximum Gasteiger partial charge on any atom is 0.358 e. The Bertz CT molecular complexity index is 377. The van der Waals surface area contributed by atoms with E-state index in [1.807, 2.05) is 0 Å². The smallest absolute Gasteiger partial charge is 0.358 e. The predicted molar refractivity (Wildman–Crippen MR) is 74.3 cm³/mol. The molecule has 6 nitrogen and oxygen atoms in total. The molecule has 0 saturated carbocycles. The van der Waals surface area contributed by atoms with Crippen LogP contribution in [0, 0.1) is 0 Å². The minimum absolute atomic E-state index is 0.219. The van der Waals surface area contributed by atoms with Crippen LogP contribution >= 0.6 is 0 Å². The Morgan fingerprint density at radius 2 is 2.05 bits per heavy atom. The topological polar surface area (TPSA) is 67.4 Å². The zero-order chi connectivity index (χ0) is 14.1. The van der Waals surface area contributed by atoms with Crippen LogP contribution in [-0.2, 0) is 4.74 Å². The molecule has 0 atom stereocenters. The van der Waals surface area contributed by atoms with Crippen molar-refractivity contribution >= 4 is 11.8 Å². The lowest BCUT2D eigenvalue weighted by atomic mass is 10.3. The number of carbonyl (C=O) groups is 1. The lowest BCUT2D eigenvalue weighted by molar-refractivity contribution is 0.0593. The number of anilines is 1. The second-order valence-corrected chi connectivity index (χ2v) is 4.10. The maximum absolute atomic E-state index is 11.2. The first-order valence-electron chi connectivity index (χ1n) is 6.59. The van der Waals surface area contributed by atoms with Gasteiger partial charge < -0.3 is 15.0 Å². The van der Waals surface area contributed by atoms with Gasteiger partial charge in [0.25, 0.3) is 0 Å². The van der Waals surface area contributed by atoms with Gasteiger partial charge in [-0.1, -0.05) is 13.8 Å². The van der Waals surface area contributed by atoms with Crippen molar-refractivity contribution in [1.82, 2.24) is 15.1 Å². The second-order valence-electron chi connectivity index (χ2n) is 4.10. The molecule has 6 heteroatoms. The van der Waals surface area contributed by atoms with E-state index in [0.717, 1.165) is 32.6 Å². The highest BCUT2D eigenvalue weighted by Crippen LogP contribution is 2.03. The van der Waals surface area contributed by atoms with Crippen LogP contribution in [0.1, 0.15) is 30.8 Å². The molecule has 19 heavy (non-hydrogen) atoms. The number of methoxy groups -OCH3 is 1. The van der Waals surface area contributed by atoms with Gasteiger partial charge in [0.05, 0.1) is 7.11 Å². The summed E-state index contributed by atoms with van der Waals surface area (Å²) in [5, 5.41) is 10.9. The number of ether oxygens (including phenoxy) is 1. The molecule has 1 heterocycles. The minimum Gasteiger partial charge on any atom is -0.464 e. The third-order valence-corrected chi connectivity index (χ3v) is 2.91. The van der Waals surface area contributed by atoms with E-state index in [0.29, 0.717) is 5.82 Å². The Balaban J connectivity index is 2.32. The molecule has 0 saturated heterocycles. The first kappa shape index (κ1) is 15.4. The molecule has 0 aliphatic carbocycles. The summed E-state index contributed by atoms with van der Waals surface area (Å²) in [6.07, 6.45) is 1.04. The maximum atomic E-state index is 11.2. The third kappa shape index (κ3) is 5.21. The van der Waals surface area contributed by atoms with Gasteiger partial charge in [0.1, 0.15) is 5.82 Å². The lowest BCUT2D eigenvalue weighted by Gasteiger charge is -2.17. The van der Waals surface area contributed by atoms with Gasteiger partial charge in [-0.3, -0.25) is 0 Å². The van der Waals surface area contributed by atoms with Crippen LogP contribution in [0.4, 0.5) is 5.82 Å². The van der Waals surface area contributed by atoms with E-state index in [-0.39, 0.29) is 5.69 Å². The molecule has 0 amide bonds. The molecular formula is C13H22N4O2. The fourth-order valence-corrected chi connectivity index (χ4v) is 1.70. The molecule has 0 fully saturated rings. The molecule has 0 unspecified atom stereocenters. The Labute approximate surface area is 114 Å². The van der Waals surface area contributed by atoms with Crippen molar-refractivity contribution in [2.45, 2.75) is 20.3 Å². The number of aromatic nitrogens is 2. The Morgan fingerprint density at radius 1 is 1.32 bits per heavy atom. The monoisotopic (exact) mass is 266 g/mol. The van der Waals surface area contributed by atoms with E-state index in [1.54, 1.807) is 12.1 Å². The average Bonchev–Trinajstić information content (AvgIpc) is 2.47. The first-order chi connectivity index (χ1) is 9.21. The number of nitrogens with zero attached hydrogens (tertiary/aromatic N) is 3. The van der Waals surface area contributed by atoms with E-state index < -0.39 is 5.97 Å². The summed E-state index contributed by atoms with van der Waals surface area (Å²) in [5.41, 5.74) is 0.219. The van der Waals surface area contributed by atoms with Gasteiger partial charge in [-0.2, -0.15) is 0 Å². The van der Waals surface area contributed by atoms with Gasteiger partial charge >= 0.3 is 5.97 Å². The molecule has 0 aromatic carbocycles. The molecule has 1 aromatic heterocycles. The van der Waals surface area contributed by atoms with Crippen LogP contribution in [0.5, 0.6) is 0 Å². The Morgan fingerprint density at radius 3 is 2.58 bits per heavy atom. The molecule has 0 spiro atoms.